The number of nitrogens with two attached hydrogens (primary N) is 1. The van der Waals surface area contributed by atoms with E-state index < -0.39 is 0 Å². The molecule has 5 nitrogen and oxygen atoms in total. The number of nitrogen functional groups attached to an aromatic ring is 1. The largest absolute Gasteiger partial charge is 0.384 e. The van der Waals surface area contributed by atoms with Gasteiger partial charge in [-0.15, -0.1) is 11.3 Å². The predicted octanol–water partition coefficient (Wildman–Crippen LogP) is 4.34. The molecule has 23 heavy (non-hydrogen) atoms. The normalized spacial score (nSPS) is 19.0. The van der Waals surface area contributed by atoms with E-state index in [1.807, 2.05) is 24.1 Å². The van der Waals surface area contributed by atoms with Gasteiger partial charge in [-0.2, -0.15) is 5.10 Å². The van der Waals surface area contributed by atoms with Crippen LogP contribution in [0.5, 0.6) is 0 Å². The lowest BCUT2D eigenvalue weighted by Crippen LogP contribution is -2.34. The Morgan fingerprint density at radius 1 is 1.57 bits per heavy atom. The van der Waals surface area contributed by atoms with Crippen LogP contribution in [0.3, 0.4) is 0 Å². The minimum atomic E-state index is -0.0776. The smallest absolute Gasteiger partial charge is 0.150 e. The van der Waals surface area contributed by atoms with Gasteiger partial charge in [-0.1, -0.05) is 17.7 Å². The highest BCUT2D eigenvalue weighted by molar-refractivity contribution is 7.20. The van der Waals surface area contributed by atoms with Crippen LogP contribution in [-0.4, -0.2) is 29.5 Å². The van der Waals surface area contributed by atoms with Crippen molar-refractivity contribution >= 4 is 51.4 Å². The molecule has 1 saturated heterocycles. The van der Waals surface area contributed by atoms with Crippen LogP contribution < -0.4 is 5.73 Å². The van der Waals surface area contributed by atoms with Gasteiger partial charge in [-0.3, -0.25) is 0 Å². The molecule has 0 amide bonds. The molecule has 2 aromatic heterocycles. The van der Waals surface area contributed by atoms with Crippen molar-refractivity contribution in [3.63, 3.8) is 0 Å². The average molecular weight is 351 g/mol. The van der Waals surface area contributed by atoms with Crippen molar-refractivity contribution in [3.05, 3.63) is 28.1 Å². The zero-order valence-corrected chi connectivity index (χ0v) is 14.5. The Bertz CT molecular complexity index is 752. The Labute approximate surface area is 144 Å². The molecule has 1 atom stereocenters. The molecule has 1 aliphatic rings. The van der Waals surface area contributed by atoms with Crippen molar-refractivity contribution in [1.82, 2.24) is 9.99 Å². The molecule has 122 valence electrons. The van der Waals surface area contributed by atoms with Gasteiger partial charge in [-0.05, 0) is 32.3 Å². The number of hydrogen-bond acceptors (Lipinski definition) is 6. The van der Waals surface area contributed by atoms with Gasteiger partial charge in [0.05, 0.1) is 25.8 Å². The van der Waals surface area contributed by atoms with Gasteiger partial charge < -0.3 is 10.5 Å². The molecule has 0 saturated carbocycles. The number of nitrogens with zero attached hydrogens (tertiary/aromatic N) is 3. The number of rotatable bonds is 4. The van der Waals surface area contributed by atoms with E-state index in [2.05, 4.69) is 16.8 Å². The van der Waals surface area contributed by atoms with Crippen LogP contribution in [0, 0.1) is 0 Å². The Hall–Kier alpha value is -1.63. The molecule has 1 aliphatic heterocycles. The van der Waals surface area contributed by atoms with Crippen molar-refractivity contribution in [1.29, 1.82) is 0 Å². The number of hydrazone groups is 1. The van der Waals surface area contributed by atoms with E-state index in [0.717, 1.165) is 46.7 Å². The van der Waals surface area contributed by atoms with Gasteiger partial charge in [0.15, 0.2) is 6.23 Å². The third kappa shape index (κ3) is 3.20. The number of anilines is 1. The van der Waals surface area contributed by atoms with Crippen molar-refractivity contribution in [2.45, 2.75) is 32.4 Å². The summed E-state index contributed by atoms with van der Waals surface area (Å²) in [5.41, 5.74) is 7.52. The number of ether oxygens (including phenoxy) is 1. The van der Waals surface area contributed by atoms with Crippen LogP contribution in [-0.2, 0) is 4.74 Å². The molecule has 3 rings (SSSR count). The Balaban J connectivity index is 1.99. The molecule has 1 fully saturated rings. The summed E-state index contributed by atoms with van der Waals surface area (Å²) in [7, 11) is 0. The van der Waals surface area contributed by atoms with Crippen molar-refractivity contribution in [2.75, 3.05) is 12.3 Å². The van der Waals surface area contributed by atoms with Gasteiger partial charge in [-0.25, -0.2) is 9.99 Å². The van der Waals surface area contributed by atoms with Crippen molar-refractivity contribution in [3.8, 4) is 0 Å². The number of fused-ring (bicyclic) bond motifs is 1. The molecule has 0 bridgehead atoms. The van der Waals surface area contributed by atoms with E-state index in [-0.39, 0.29) is 6.23 Å². The number of thiophene rings is 1. The van der Waals surface area contributed by atoms with Crippen LogP contribution in [0.25, 0.3) is 15.9 Å². The van der Waals surface area contributed by atoms with E-state index in [4.69, 9.17) is 22.1 Å². The zero-order valence-electron chi connectivity index (χ0n) is 13.0. The van der Waals surface area contributed by atoms with Crippen LogP contribution in [0.4, 0.5) is 5.82 Å². The highest BCUT2D eigenvalue weighted by Gasteiger charge is 2.25. The van der Waals surface area contributed by atoms with Crippen LogP contribution in [0.2, 0.25) is 5.02 Å². The molecule has 1 unspecified atom stereocenters. The molecule has 0 aromatic carbocycles. The van der Waals surface area contributed by atoms with Crippen LogP contribution in [0.1, 0.15) is 31.1 Å². The fourth-order valence-corrected chi connectivity index (χ4v) is 4.15. The highest BCUT2D eigenvalue weighted by atomic mass is 35.5. The molecule has 2 N–H and O–H groups in total. The zero-order chi connectivity index (χ0) is 16.4. The first-order chi connectivity index (χ1) is 11.1. The fraction of sp³-hybridized carbons (Fsp3) is 0.375. The monoisotopic (exact) mass is 350 g/mol. The lowest BCUT2D eigenvalue weighted by atomic mass is 10.1. The number of aromatic nitrogens is 1. The Morgan fingerprint density at radius 2 is 2.39 bits per heavy atom. The molecule has 7 heteroatoms. The van der Waals surface area contributed by atoms with E-state index in [1.165, 1.54) is 0 Å². The van der Waals surface area contributed by atoms with Gasteiger partial charge in [0.2, 0.25) is 0 Å². The second kappa shape index (κ2) is 6.86. The molecular weight excluding hydrogens is 332 g/mol. The second-order valence-corrected chi connectivity index (χ2v) is 6.79. The molecule has 3 heterocycles. The lowest BCUT2D eigenvalue weighted by molar-refractivity contribution is -0.0595. The standard InChI is InChI=1S/C16H19ClN4OS/c1-3-12(21(19-2)15-6-4-5-7-22-15)13-9-11-16(23-13)10(17)8-14(18)20-11/h3,8-9,15H,2,4-7H2,1H3,(H2,18,20)/b12-3-. The maximum Gasteiger partial charge on any atom is 0.150 e. The summed E-state index contributed by atoms with van der Waals surface area (Å²) in [4.78, 5) is 5.37. The topological polar surface area (TPSA) is 63.7 Å². The van der Waals surface area contributed by atoms with E-state index in [9.17, 15) is 0 Å². The summed E-state index contributed by atoms with van der Waals surface area (Å²) in [6.45, 7) is 6.44. The SMILES string of the molecule is C=NN(/C(=C\C)c1cc2nc(N)cc(Cl)c2s1)C1CCCCO1. The minimum Gasteiger partial charge on any atom is -0.384 e. The molecular formula is C16H19ClN4OS. The molecule has 0 aliphatic carbocycles. The molecule has 2 aromatic rings. The van der Waals surface area contributed by atoms with Crippen LogP contribution in [0.15, 0.2) is 23.3 Å². The molecule has 0 spiro atoms. The first-order valence-electron chi connectivity index (χ1n) is 7.53. The maximum atomic E-state index is 6.28. The minimum absolute atomic E-state index is 0.0776. The van der Waals surface area contributed by atoms with Gasteiger partial charge in [0, 0.05) is 19.4 Å². The Morgan fingerprint density at radius 3 is 3.04 bits per heavy atom. The average Bonchev–Trinajstić information content (AvgIpc) is 2.97. The third-order valence-corrected chi connectivity index (χ3v) is 5.40. The van der Waals surface area contributed by atoms with E-state index in [0.29, 0.717) is 10.8 Å². The third-order valence-electron chi connectivity index (χ3n) is 3.81. The first-order valence-corrected chi connectivity index (χ1v) is 8.73. The fourth-order valence-electron chi connectivity index (χ4n) is 2.75. The predicted molar refractivity (Wildman–Crippen MR) is 97.7 cm³/mol. The number of hydrogen-bond donors (Lipinski definition) is 1. The summed E-state index contributed by atoms with van der Waals surface area (Å²) in [6.07, 6.45) is 5.09. The summed E-state index contributed by atoms with van der Waals surface area (Å²) in [6, 6.07) is 3.66. The van der Waals surface area contributed by atoms with Crippen LogP contribution >= 0.6 is 22.9 Å². The highest BCUT2D eigenvalue weighted by Crippen LogP contribution is 2.37. The van der Waals surface area contributed by atoms with Gasteiger partial charge >= 0.3 is 0 Å². The van der Waals surface area contributed by atoms with Gasteiger partial charge in [0.1, 0.15) is 5.82 Å². The second-order valence-electron chi connectivity index (χ2n) is 5.34. The first kappa shape index (κ1) is 16.2. The number of pyridine rings is 1. The summed E-state index contributed by atoms with van der Waals surface area (Å²) < 4.78 is 6.77. The quantitative estimate of drug-likeness (QED) is 0.658. The lowest BCUT2D eigenvalue weighted by Gasteiger charge is -2.32. The molecule has 0 radical (unpaired) electrons. The number of allylic oxidation sites excluding steroid dienone is 1. The van der Waals surface area contributed by atoms with Crippen molar-refractivity contribution < 1.29 is 4.74 Å². The van der Waals surface area contributed by atoms with Gasteiger partial charge in [0.25, 0.3) is 0 Å². The maximum absolute atomic E-state index is 6.28. The van der Waals surface area contributed by atoms with E-state index in [1.54, 1.807) is 17.4 Å². The summed E-state index contributed by atoms with van der Waals surface area (Å²) in [5, 5.41) is 6.65. The van der Waals surface area contributed by atoms with Crippen molar-refractivity contribution in [2.24, 2.45) is 5.10 Å². The summed E-state index contributed by atoms with van der Waals surface area (Å²) >= 11 is 7.85. The summed E-state index contributed by atoms with van der Waals surface area (Å²) in [5.74, 6) is 0.420. The Kier molecular flexibility index (Phi) is 4.84. The number of halogens is 1. The van der Waals surface area contributed by atoms with E-state index >= 15 is 0 Å².